The Hall–Kier alpha value is -1.46. The zero-order valence-electron chi connectivity index (χ0n) is 13.5. The molecule has 0 aliphatic carbocycles. The topological polar surface area (TPSA) is 45.6 Å². The Bertz CT molecular complexity index is 489. The molecule has 0 saturated carbocycles. The molecule has 1 rings (SSSR count). The van der Waals surface area contributed by atoms with Crippen molar-refractivity contribution >= 4 is 23.0 Å². The zero-order chi connectivity index (χ0) is 15.9. The Morgan fingerprint density at radius 2 is 1.86 bits per heavy atom. The van der Waals surface area contributed by atoms with E-state index in [0.717, 1.165) is 11.3 Å². The number of methoxy groups -OCH3 is 1. The molecule has 0 spiro atoms. The average molecular weight is 307 g/mol. The summed E-state index contributed by atoms with van der Waals surface area (Å²) in [7, 11) is 1.65. The number of nitrogens with zero attached hydrogens (tertiary/aromatic N) is 1. The number of ether oxygens (including phenoxy) is 1. The van der Waals surface area contributed by atoms with E-state index >= 15 is 0 Å². The Morgan fingerprint density at radius 1 is 1.24 bits per heavy atom. The molecule has 0 heterocycles. The van der Waals surface area contributed by atoms with Gasteiger partial charge in [0.05, 0.1) is 12.3 Å². The quantitative estimate of drug-likeness (QED) is 0.380. The van der Waals surface area contributed by atoms with Gasteiger partial charge < -0.3 is 10.1 Å². The van der Waals surface area contributed by atoms with Crippen LogP contribution in [0, 0.1) is 0 Å². The molecule has 0 bridgehead atoms. The molecule has 0 radical (unpaired) electrons. The highest BCUT2D eigenvalue weighted by atomic mass is 32.1. The maximum Gasteiger partial charge on any atom is 0.187 e. The molecule has 1 aromatic rings. The number of benzene rings is 1. The third-order valence-corrected chi connectivity index (χ3v) is 3.32. The molecule has 116 valence electrons. The first-order valence-corrected chi connectivity index (χ1v) is 7.43. The molecule has 0 aromatic heterocycles. The number of rotatable bonds is 5. The van der Waals surface area contributed by atoms with Crippen molar-refractivity contribution in [2.45, 2.75) is 33.1 Å². The van der Waals surface area contributed by atoms with Gasteiger partial charge in [-0.15, -0.1) is 0 Å². The minimum atomic E-state index is 0.161. The number of hydrazone groups is 1. The van der Waals surface area contributed by atoms with Crippen molar-refractivity contribution in [2.75, 3.05) is 20.3 Å². The van der Waals surface area contributed by atoms with Crippen LogP contribution in [0.3, 0.4) is 0 Å². The lowest BCUT2D eigenvalue weighted by molar-refractivity contribution is 0.204. The Balaban J connectivity index is 2.60. The SMILES string of the molecule is COCCNC(=S)N/N=C(/C)c1ccc(C(C)(C)C)cc1. The van der Waals surface area contributed by atoms with Gasteiger partial charge in [0, 0.05) is 13.7 Å². The summed E-state index contributed by atoms with van der Waals surface area (Å²) in [5, 5.41) is 7.79. The minimum absolute atomic E-state index is 0.161. The van der Waals surface area contributed by atoms with Crippen LogP contribution in [0.25, 0.3) is 0 Å². The highest BCUT2D eigenvalue weighted by Crippen LogP contribution is 2.22. The Labute approximate surface area is 133 Å². The summed E-state index contributed by atoms with van der Waals surface area (Å²) in [5.41, 5.74) is 6.28. The lowest BCUT2D eigenvalue weighted by atomic mass is 9.86. The number of thiocarbonyl (C=S) groups is 1. The maximum absolute atomic E-state index is 5.12. The first-order valence-electron chi connectivity index (χ1n) is 7.02. The van der Waals surface area contributed by atoms with Crippen LogP contribution in [-0.2, 0) is 10.2 Å². The molecule has 5 heteroatoms. The van der Waals surface area contributed by atoms with Crippen molar-refractivity contribution < 1.29 is 4.74 Å². The second kappa shape index (κ2) is 8.10. The number of hydrogen-bond donors (Lipinski definition) is 2. The van der Waals surface area contributed by atoms with Crippen molar-refractivity contribution in [3.63, 3.8) is 0 Å². The van der Waals surface area contributed by atoms with Gasteiger partial charge in [0.1, 0.15) is 0 Å². The number of nitrogens with one attached hydrogen (secondary N) is 2. The molecular formula is C16H25N3OS. The summed E-state index contributed by atoms with van der Waals surface area (Å²) in [6.07, 6.45) is 0. The summed E-state index contributed by atoms with van der Waals surface area (Å²) in [5.74, 6) is 0. The van der Waals surface area contributed by atoms with Crippen LogP contribution in [0.2, 0.25) is 0 Å². The highest BCUT2D eigenvalue weighted by Gasteiger charge is 2.13. The normalized spacial score (nSPS) is 12.1. The lowest BCUT2D eigenvalue weighted by Gasteiger charge is -2.19. The van der Waals surface area contributed by atoms with Gasteiger partial charge in [-0.2, -0.15) is 5.10 Å². The second-order valence-electron chi connectivity index (χ2n) is 5.89. The van der Waals surface area contributed by atoms with Crippen LogP contribution in [0.15, 0.2) is 29.4 Å². The van der Waals surface area contributed by atoms with Crippen LogP contribution in [0.5, 0.6) is 0 Å². The smallest absolute Gasteiger partial charge is 0.187 e. The van der Waals surface area contributed by atoms with Crippen LogP contribution in [0.4, 0.5) is 0 Å². The maximum atomic E-state index is 5.12. The first kappa shape index (κ1) is 17.6. The molecule has 1 aromatic carbocycles. The van der Waals surface area contributed by atoms with Gasteiger partial charge in [-0.05, 0) is 35.7 Å². The van der Waals surface area contributed by atoms with Gasteiger partial charge >= 0.3 is 0 Å². The predicted molar refractivity (Wildman–Crippen MR) is 93.0 cm³/mol. The monoisotopic (exact) mass is 307 g/mol. The summed E-state index contributed by atoms with van der Waals surface area (Å²) in [6, 6.07) is 8.46. The fourth-order valence-corrected chi connectivity index (χ4v) is 1.86. The van der Waals surface area contributed by atoms with E-state index in [0.29, 0.717) is 18.3 Å². The van der Waals surface area contributed by atoms with Gasteiger partial charge in [-0.25, -0.2) is 0 Å². The lowest BCUT2D eigenvalue weighted by Crippen LogP contribution is -2.34. The van der Waals surface area contributed by atoms with Crippen LogP contribution < -0.4 is 10.7 Å². The van der Waals surface area contributed by atoms with Crippen LogP contribution in [0.1, 0.15) is 38.8 Å². The van der Waals surface area contributed by atoms with Gasteiger partial charge in [-0.3, -0.25) is 5.43 Å². The standard InChI is InChI=1S/C16H25N3OS/c1-12(18-19-15(21)17-10-11-20-5)13-6-8-14(9-7-13)16(2,3)4/h6-9H,10-11H2,1-5H3,(H2,17,19,21)/b18-12-. The van der Waals surface area contributed by atoms with Crippen LogP contribution >= 0.6 is 12.2 Å². The van der Waals surface area contributed by atoms with E-state index in [-0.39, 0.29) is 5.41 Å². The van der Waals surface area contributed by atoms with Gasteiger partial charge in [0.15, 0.2) is 5.11 Å². The molecule has 0 aliphatic rings. The molecule has 0 saturated heterocycles. The van der Waals surface area contributed by atoms with Crippen molar-refractivity contribution in [3.05, 3.63) is 35.4 Å². The highest BCUT2D eigenvalue weighted by molar-refractivity contribution is 7.80. The first-order chi connectivity index (χ1) is 9.84. The van der Waals surface area contributed by atoms with Gasteiger partial charge in [-0.1, -0.05) is 45.0 Å². The third kappa shape index (κ3) is 6.23. The minimum Gasteiger partial charge on any atom is -0.383 e. The summed E-state index contributed by atoms with van der Waals surface area (Å²) in [4.78, 5) is 0. The molecule has 21 heavy (non-hydrogen) atoms. The van der Waals surface area contributed by atoms with E-state index in [1.807, 2.05) is 6.92 Å². The molecule has 0 amide bonds. The van der Waals surface area contributed by atoms with E-state index in [4.69, 9.17) is 17.0 Å². The second-order valence-corrected chi connectivity index (χ2v) is 6.29. The van der Waals surface area contributed by atoms with E-state index in [1.54, 1.807) is 7.11 Å². The molecule has 0 unspecified atom stereocenters. The van der Waals surface area contributed by atoms with E-state index in [1.165, 1.54) is 5.56 Å². The van der Waals surface area contributed by atoms with Crippen molar-refractivity contribution in [2.24, 2.45) is 5.10 Å². The predicted octanol–water partition coefficient (Wildman–Crippen LogP) is 2.82. The fourth-order valence-electron chi connectivity index (χ4n) is 1.72. The largest absolute Gasteiger partial charge is 0.383 e. The molecule has 0 fully saturated rings. The summed E-state index contributed by atoms with van der Waals surface area (Å²) < 4.78 is 4.94. The van der Waals surface area contributed by atoms with E-state index < -0.39 is 0 Å². The number of hydrogen-bond acceptors (Lipinski definition) is 3. The van der Waals surface area contributed by atoms with Crippen LogP contribution in [-0.4, -0.2) is 31.1 Å². The van der Waals surface area contributed by atoms with Crippen molar-refractivity contribution in [1.82, 2.24) is 10.7 Å². The molecule has 2 N–H and O–H groups in total. The molecule has 4 nitrogen and oxygen atoms in total. The fraction of sp³-hybridized carbons (Fsp3) is 0.500. The summed E-state index contributed by atoms with van der Waals surface area (Å²) >= 11 is 5.12. The molecule has 0 atom stereocenters. The Morgan fingerprint density at radius 3 is 2.38 bits per heavy atom. The summed E-state index contributed by atoms with van der Waals surface area (Å²) in [6.45, 7) is 9.84. The zero-order valence-corrected chi connectivity index (χ0v) is 14.3. The van der Waals surface area contributed by atoms with E-state index in [9.17, 15) is 0 Å². The van der Waals surface area contributed by atoms with Gasteiger partial charge in [0.25, 0.3) is 0 Å². The van der Waals surface area contributed by atoms with E-state index in [2.05, 4.69) is 60.9 Å². The third-order valence-electron chi connectivity index (χ3n) is 3.09. The molecular weight excluding hydrogens is 282 g/mol. The van der Waals surface area contributed by atoms with Crippen molar-refractivity contribution in [1.29, 1.82) is 0 Å². The van der Waals surface area contributed by atoms with Gasteiger partial charge in [0.2, 0.25) is 0 Å². The average Bonchev–Trinajstić information content (AvgIpc) is 2.44. The molecule has 0 aliphatic heterocycles. The van der Waals surface area contributed by atoms with Crippen molar-refractivity contribution in [3.8, 4) is 0 Å². The Kier molecular flexibility index (Phi) is 6.78.